The molecule has 0 saturated carbocycles. The van der Waals surface area contributed by atoms with Crippen molar-refractivity contribution in [3.8, 4) is 0 Å². The zero-order chi connectivity index (χ0) is 21.4. The zero-order valence-electron chi connectivity index (χ0n) is 16.9. The summed E-state index contributed by atoms with van der Waals surface area (Å²) in [6, 6.07) is 6.71. The van der Waals surface area contributed by atoms with Crippen LogP contribution >= 0.6 is 11.6 Å². The number of esters is 1. The molecular formula is C19H22BClFN3O4. The molecule has 1 aliphatic heterocycles. The third-order valence-electron chi connectivity index (χ3n) is 5.19. The van der Waals surface area contributed by atoms with Gasteiger partial charge in [0.25, 0.3) is 0 Å². The van der Waals surface area contributed by atoms with Gasteiger partial charge in [-0.05, 0) is 45.4 Å². The Balaban J connectivity index is 1.99. The highest BCUT2D eigenvalue weighted by Crippen LogP contribution is 2.40. The van der Waals surface area contributed by atoms with Crippen molar-refractivity contribution < 1.29 is 23.2 Å². The molecule has 7 nitrogen and oxygen atoms in total. The number of hydrogen-bond donors (Lipinski definition) is 0. The van der Waals surface area contributed by atoms with E-state index in [9.17, 15) is 4.79 Å². The van der Waals surface area contributed by atoms with Crippen molar-refractivity contribution in [2.45, 2.75) is 45.4 Å². The molecule has 1 aromatic heterocycles. The molecule has 0 atom stereocenters. The molecule has 1 aliphatic rings. The predicted molar refractivity (Wildman–Crippen MR) is 107 cm³/mol. The Morgan fingerprint density at radius 2 is 1.79 bits per heavy atom. The summed E-state index contributed by atoms with van der Waals surface area (Å²) in [6.07, 6.45) is 1.39. The van der Waals surface area contributed by atoms with E-state index in [-0.39, 0.29) is 17.8 Å². The van der Waals surface area contributed by atoms with Gasteiger partial charge in [-0.25, -0.2) is 13.9 Å². The van der Waals surface area contributed by atoms with Crippen molar-refractivity contribution in [3.05, 3.63) is 52.5 Å². The lowest BCUT2D eigenvalue weighted by atomic mass is 9.82. The smallest absolute Gasteiger partial charge is 0.464 e. The Hall–Kier alpha value is -2.23. The lowest BCUT2D eigenvalue weighted by Gasteiger charge is -2.32. The molecule has 154 valence electrons. The number of benzene rings is 1. The van der Waals surface area contributed by atoms with Crippen molar-refractivity contribution >= 4 is 30.3 Å². The maximum atomic E-state index is 15.6. The van der Waals surface area contributed by atoms with Crippen molar-refractivity contribution in [2.24, 2.45) is 0 Å². The molecular weight excluding hydrogens is 399 g/mol. The highest BCUT2D eigenvalue weighted by Gasteiger charge is 2.53. The fraction of sp³-hybridized carbons (Fsp3) is 0.421. The van der Waals surface area contributed by atoms with E-state index in [0.29, 0.717) is 10.6 Å². The first-order valence-electron chi connectivity index (χ1n) is 9.02. The van der Waals surface area contributed by atoms with Gasteiger partial charge in [-0.15, -0.1) is 5.10 Å². The van der Waals surface area contributed by atoms with E-state index in [1.165, 1.54) is 18.0 Å². The molecule has 2 heterocycles. The number of carbonyl (C=O) groups is 1. The van der Waals surface area contributed by atoms with E-state index in [2.05, 4.69) is 15.0 Å². The second-order valence-corrected chi connectivity index (χ2v) is 8.15. The minimum Gasteiger partial charge on any atom is -0.464 e. The maximum Gasteiger partial charge on any atom is 0.525 e. The number of hydrogen-bond acceptors (Lipinski definition) is 6. The Kier molecular flexibility index (Phi) is 5.85. The topological polar surface area (TPSA) is 75.5 Å². The van der Waals surface area contributed by atoms with Crippen LogP contribution in [0.25, 0.3) is 5.57 Å². The summed E-state index contributed by atoms with van der Waals surface area (Å²) in [5.74, 6) is -0.625. The van der Waals surface area contributed by atoms with Gasteiger partial charge in [0.15, 0.2) is 5.69 Å². The quantitative estimate of drug-likeness (QED) is 0.541. The molecule has 10 heteroatoms. The molecule has 0 bridgehead atoms. The number of halogens is 2. The van der Waals surface area contributed by atoms with Crippen LogP contribution < -0.4 is 0 Å². The zero-order valence-corrected chi connectivity index (χ0v) is 17.7. The number of allylic oxidation sites excluding steroid dienone is 1. The molecule has 0 unspecified atom stereocenters. The third-order valence-corrected chi connectivity index (χ3v) is 5.45. The lowest BCUT2D eigenvalue weighted by Crippen LogP contribution is -2.41. The molecule has 1 saturated heterocycles. The first-order chi connectivity index (χ1) is 13.5. The number of carbonyl (C=O) groups excluding carboxylic acids is 1. The highest BCUT2D eigenvalue weighted by molar-refractivity contribution is 6.55. The van der Waals surface area contributed by atoms with E-state index in [1.54, 1.807) is 24.3 Å². The molecule has 0 spiro atoms. The van der Waals surface area contributed by atoms with Crippen molar-refractivity contribution in [2.75, 3.05) is 7.11 Å². The molecule has 2 aromatic rings. The second kappa shape index (κ2) is 7.89. The molecule has 0 aliphatic carbocycles. The van der Waals surface area contributed by atoms with Crippen molar-refractivity contribution in [3.63, 3.8) is 0 Å². The van der Waals surface area contributed by atoms with Gasteiger partial charge in [-0.2, -0.15) is 0 Å². The van der Waals surface area contributed by atoms with Crippen LogP contribution in [-0.2, 0) is 20.6 Å². The fourth-order valence-electron chi connectivity index (χ4n) is 2.78. The standard InChI is InChI=1S/C19H22BClFN3O4/c1-18(2)19(3,4)29-20(28-18)16(22)14(12-6-8-13(21)9-7-12)10-25-11-15(23-24-25)17(26)27-5/h6-9,11H,10H2,1-5H3. The number of methoxy groups -OCH3 is 1. The Morgan fingerprint density at radius 1 is 1.21 bits per heavy atom. The Bertz CT molecular complexity index is 927. The fourth-order valence-corrected chi connectivity index (χ4v) is 2.91. The van der Waals surface area contributed by atoms with E-state index >= 15 is 4.39 Å². The van der Waals surface area contributed by atoms with E-state index < -0.39 is 30.0 Å². The number of rotatable bonds is 5. The van der Waals surface area contributed by atoms with Crippen LogP contribution in [0.3, 0.4) is 0 Å². The van der Waals surface area contributed by atoms with Crippen molar-refractivity contribution in [1.82, 2.24) is 15.0 Å². The van der Waals surface area contributed by atoms with Gasteiger partial charge in [0.2, 0.25) is 0 Å². The van der Waals surface area contributed by atoms with Gasteiger partial charge >= 0.3 is 13.1 Å². The summed E-state index contributed by atoms with van der Waals surface area (Å²) in [5, 5.41) is 8.18. The van der Waals surface area contributed by atoms with Crippen LogP contribution in [0.15, 0.2) is 36.2 Å². The highest BCUT2D eigenvalue weighted by atomic mass is 35.5. The van der Waals surface area contributed by atoms with Gasteiger partial charge < -0.3 is 14.0 Å². The molecule has 29 heavy (non-hydrogen) atoms. The maximum absolute atomic E-state index is 15.6. The second-order valence-electron chi connectivity index (χ2n) is 7.71. The van der Waals surface area contributed by atoms with Crippen molar-refractivity contribution in [1.29, 1.82) is 0 Å². The van der Waals surface area contributed by atoms with Crippen LogP contribution in [0.2, 0.25) is 5.02 Å². The van der Waals surface area contributed by atoms with E-state index in [4.69, 9.17) is 20.9 Å². The lowest BCUT2D eigenvalue weighted by molar-refractivity contribution is 0.00578. The van der Waals surface area contributed by atoms with Gasteiger partial charge in [-0.3, -0.25) is 0 Å². The number of nitrogens with zero attached hydrogens (tertiary/aromatic N) is 3. The van der Waals surface area contributed by atoms with Crippen LogP contribution in [0.4, 0.5) is 4.39 Å². The molecule has 0 amide bonds. The predicted octanol–water partition coefficient (Wildman–Crippen LogP) is 3.73. The SMILES string of the molecule is COC(=O)c1cn(CC(=C(F)B2OC(C)(C)C(C)(C)O2)c2ccc(Cl)cc2)nn1. The summed E-state index contributed by atoms with van der Waals surface area (Å²) in [5.41, 5.74) is -1.07. The van der Waals surface area contributed by atoms with Crippen LogP contribution in [0.1, 0.15) is 43.7 Å². The molecule has 0 N–H and O–H groups in total. The molecule has 0 radical (unpaired) electrons. The third kappa shape index (κ3) is 4.36. The number of aromatic nitrogens is 3. The van der Waals surface area contributed by atoms with Crippen LogP contribution in [0.5, 0.6) is 0 Å². The summed E-state index contributed by atoms with van der Waals surface area (Å²) in [4.78, 5) is 11.6. The van der Waals surface area contributed by atoms with Gasteiger partial charge in [0.1, 0.15) is 5.73 Å². The Labute approximate surface area is 173 Å². The minimum absolute atomic E-state index is 0.00152. The summed E-state index contributed by atoms with van der Waals surface area (Å²) < 4.78 is 33.3. The monoisotopic (exact) mass is 421 g/mol. The van der Waals surface area contributed by atoms with Crippen LogP contribution in [0, 0.1) is 0 Å². The average Bonchev–Trinajstić information content (AvgIpc) is 3.21. The van der Waals surface area contributed by atoms with Gasteiger partial charge in [0.05, 0.1) is 31.1 Å². The number of ether oxygens (including phenoxy) is 1. The van der Waals surface area contributed by atoms with Gasteiger partial charge in [-0.1, -0.05) is 28.9 Å². The average molecular weight is 422 g/mol. The normalized spacial score (nSPS) is 18.5. The van der Waals surface area contributed by atoms with E-state index in [0.717, 1.165) is 0 Å². The summed E-state index contributed by atoms with van der Waals surface area (Å²) in [6.45, 7) is 7.40. The van der Waals surface area contributed by atoms with Crippen LogP contribution in [-0.4, -0.2) is 46.4 Å². The largest absolute Gasteiger partial charge is 0.525 e. The molecule has 1 fully saturated rings. The Morgan fingerprint density at radius 3 is 2.34 bits per heavy atom. The van der Waals surface area contributed by atoms with Gasteiger partial charge in [0, 0.05) is 10.6 Å². The van der Waals surface area contributed by atoms with E-state index in [1.807, 2.05) is 27.7 Å². The summed E-state index contributed by atoms with van der Waals surface area (Å²) >= 11 is 5.97. The minimum atomic E-state index is -1.17. The summed E-state index contributed by atoms with van der Waals surface area (Å²) in [7, 11) is 0.0764. The molecule has 1 aromatic carbocycles. The first kappa shape index (κ1) is 21.5. The molecule has 3 rings (SSSR count). The first-order valence-corrected chi connectivity index (χ1v) is 9.40.